The summed E-state index contributed by atoms with van der Waals surface area (Å²) in [5.41, 5.74) is 1.07. The quantitative estimate of drug-likeness (QED) is 0.133. The summed E-state index contributed by atoms with van der Waals surface area (Å²) in [7, 11) is 1.56. The largest absolute Gasteiger partial charge is 0.491 e. The van der Waals surface area contributed by atoms with Crippen LogP contribution in [0.2, 0.25) is 0 Å². The molecule has 1 rings (SSSR count). The van der Waals surface area contributed by atoms with E-state index in [1.807, 2.05) is 24.3 Å². The maximum Gasteiger partial charge on any atom is 0.246 e. The number of hydrogen-bond donors (Lipinski definition) is 2. The van der Waals surface area contributed by atoms with Crippen LogP contribution >= 0.6 is 0 Å². The second-order valence-corrected chi connectivity index (χ2v) is 8.79. The van der Waals surface area contributed by atoms with Crippen LogP contribution in [0.4, 0.5) is 0 Å². The lowest BCUT2D eigenvalue weighted by molar-refractivity contribution is -0.126. The number of unbranched alkanes of at least 4 members (excludes halogenated alkanes) is 1. The van der Waals surface area contributed by atoms with Crippen LogP contribution in [0, 0.1) is 0 Å². The molecule has 12 heteroatoms. The molecule has 0 saturated carbocycles. The molecule has 41 heavy (non-hydrogen) atoms. The van der Waals surface area contributed by atoms with Crippen molar-refractivity contribution in [2.24, 2.45) is 0 Å². The van der Waals surface area contributed by atoms with Crippen molar-refractivity contribution in [3.8, 4) is 5.75 Å². The van der Waals surface area contributed by atoms with Crippen molar-refractivity contribution in [3.63, 3.8) is 0 Å². The van der Waals surface area contributed by atoms with Crippen molar-refractivity contribution in [3.05, 3.63) is 29.8 Å². The topological polar surface area (TPSA) is 132 Å². The molecule has 0 aliphatic rings. The number of hydrogen-bond acceptors (Lipinski definition) is 10. The van der Waals surface area contributed by atoms with Gasteiger partial charge in [-0.2, -0.15) is 0 Å². The third-order valence-electron chi connectivity index (χ3n) is 5.40. The smallest absolute Gasteiger partial charge is 0.246 e. The molecule has 0 atom stereocenters. The Morgan fingerprint density at radius 1 is 0.610 bits per heavy atom. The molecule has 236 valence electrons. The minimum Gasteiger partial charge on any atom is -0.491 e. The van der Waals surface area contributed by atoms with E-state index in [-0.39, 0.29) is 25.0 Å². The first kappa shape index (κ1) is 36.7. The summed E-state index contributed by atoms with van der Waals surface area (Å²) in [5, 5.41) is 5.32. The van der Waals surface area contributed by atoms with Gasteiger partial charge in [-0.3, -0.25) is 9.59 Å². The molecule has 2 N–H and O–H groups in total. The van der Waals surface area contributed by atoms with E-state index in [4.69, 9.17) is 37.9 Å². The summed E-state index contributed by atoms with van der Waals surface area (Å²) < 4.78 is 43.3. The Hall–Kier alpha value is -2.32. The molecule has 0 bridgehead atoms. The average molecular weight is 587 g/mol. The van der Waals surface area contributed by atoms with Crippen LogP contribution in [0.1, 0.15) is 25.3 Å². The van der Waals surface area contributed by atoms with E-state index >= 15 is 0 Å². The van der Waals surface area contributed by atoms with Crippen LogP contribution in [0.25, 0.3) is 0 Å². The Morgan fingerprint density at radius 3 is 1.59 bits per heavy atom. The molecule has 0 aliphatic heterocycles. The van der Waals surface area contributed by atoms with E-state index < -0.39 is 0 Å². The number of ether oxygens (including phenoxy) is 8. The zero-order valence-corrected chi connectivity index (χ0v) is 24.8. The predicted molar refractivity (Wildman–Crippen MR) is 153 cm³/mol. The summed E-state index contributed by atoms with van der Waals surface area (Å²) in [6.07, 6.45) is 2.91. The second-order valence-electron chi connectivity index (χ2n) is 8.79. The van der Waals surface area contributed by atoms with Gasteiger partial charge in [0.05, 0.1) is 72.7 Å². The maximum absolute atomic E-state index is 11.9. The summed E-state index contributed by atoms with van der Waals surface area (Å²) in [5.74, 6) is 0.374. The summed E-state index contributed by atoms with van der Waals surface area (Å²) in [6.45, 7) is 9.05. The Balaban J connectivity index is 1.84. The number of likely N-dealkylation sites (N-methyl/N-ethyl adjacent to an activating group) is 1. The van der Waals surface area contributed by atoms with Gasteiger partial charge in [0.1, 0.15) is 25.6 Å². The van der Waals surface area contributed by atoms with Gasteiger partial charge in [-0.05, 0) is 30.5 Å². The molecular formula is C29H50N2O10. The SMILES string of the molecule is CCCCOCCOCCOCCOCCOCCOCC(=O)NCCc1ccc(OCCOCC(=O)NC)cc1. The fraction of sp³-hybridized carbons (Fsp3) is 0.724. The molecule has 0 aromatic heterocycles. The number of carbonyl (C=O) groups excluding carboxylic acids is 2. The first-order valence-electron chi connectivity index (χ1n) is 14.4. The predicted octanol–water partition coefficient (Wildman–Crippen LogP) is 1.39. The molecule has 2 amide bonds. The van der Waals surface area contributed by atoms with Gasteiger partial charge in [0.25, 0.3) is 0 Å². The Labute approximate surface area is 244 Å². The number of amides is 2. The first-order chi connectivity index (χ1) is 20.2. The number of nitrogens with one attached hydrogen (secondary N) is 2. The summed E-state index contributed by atoms with van der Waals surface area (Å²) >= 11 is 0. The Morgan fingerprint density at radius 2 is 1.07 bits per heavy atom. The van der Waals surface area contributed by atoms with Gasteiger partial charge in [0.15, 0.2) is 0 Å². The molecule has 0 saturated heterocycles. The highest BCUT2D eigenvalue weighted by molar-refractivity contribution is 5.77. The molecular weight excluding hydrogens is 536 g/mol. The standard InChI is InChI=1S/C29H50N2O10/c1-3-4-11-34-12-13-35-14-15-36-16-17-37-18-19-38-20-21-39-25-29(33)31-10-9-26-5-7-27(8-6-26)41-23-22-40-24-28(32)30-2/h5-8H,3-4,9-25H2,1-2H3,(H,30,32)(H,31,33). The fourth-order valence-electron chi connectivity index (χ4n) is 3.12. The van der Waals surface area contributed by atoms with Crippen molar-refractivity contribution in [2.75, 3.05) is 113 Å². The molecule has 12 nitrogen and oxygen atoms in total. The van der Waals surface area contributed by atoms with Gasteiger partial charge in [0.2, 0.25) is 11.8 Å². The first-order valence-corrected chi connectivity index (χ1v) is 14.4. The molecule has 0 unspecified atom stereocenters. The van der Waals surface area contributed by atoms with Crippen LogP contribution in [-0.2, 0) is 49.2 Å². The van der Waals surface area contributed by atoms with E-state index in [1.54, 1.807) is 7.05 Å². The highest BCUT2D eigenvalue weighted by Crippen LogP contribution is 2.12. The molecule has 0 spiro atoms. The highest BCUT2D eigenvalue weighted by Gasteiger charge is 2.03. The molecule has 0 radical (unpaired) electrons. The lowest BCUT2D eigenvalue weighted by Gasteiger charge is -2.09. The average Bonchev–Trinajstić information content (AvgIpc) is 2.98. The van der Waals surface area contributed by atoms with Gasteiger partial charge in [0, 0.05) is 20.2 Å². The lowest BCUT2D eigenvalue weighted by atomic mass is 10.1. The van der Waals surface area contributed by atoms with Gasteiger partial charge >= 0.3 is 0 Å². The fourth-order valence-corrected chi connectivity index (χ4v) is 3.12. The monoisotopic (exact) mass is 586 g/mol. The number of carbonyl (C=O) groups is 2. The van der Waals surface area contributed by atoms with Crippen molar-refractivity contribution in [1.29, 1.82) is 0 Å². The van der Waals surface area contributed by atoms with Gasteiger partial charge in [-0.1, -0.05) is 25.5 Å². The van der Waals surface area contributed by atoms with Crippen LogP contribution in [0.3, 0.4) is 0 Å². The van der Waals surface area contributed by atoms with Gasteiger partial charge in [-0.15, -0.1) is 0 Å². The van der Waals surface area contributed by atoms with Gasteiger partial charge in [-0.25, -0.2) is 0 Å². The van der Waals surface area contributed by atoms with Crippen LogP contribution < -0.4 is 15.4 Å². The Bertz CT molecular complexity index is 752. The van der Waals surface area contributed by atoms with Crippen LogP contribution in [0.5, 0.6) is 5.75 Å². The number of benzene rings is 1. The van der Waals surface area contributed by atoms with Crippen molar-refractivity contribution in [2.45, 2.75) is 26.2 Å². The minimum atomic E-state index is -0.172. The van der Waals surface area contributed by atoms with Crippen LogP contribution in [-0.4, -0.2) is 125 Å². The third-order valence-corrected chi connectivity index (χ3v) is 5.40. The maximum atomic E-state index is 11.9. The second kappa shape index (κ2) is 27.8. The molecule has 0 aliphatic carbocycles. The van der Waals surface area contributed by atoms with E-state index in [2.05, 4.69) is 17.6 Å². The minimum absolute atomic E-state index is 0.0123. The zero-order valence-electron chi connectivity index (χ0n) is 24.8. The van der Waals surface area contributed by atoms with Crippen molar-refractivity contribution >= 4 is 11.8 Å². The van der Waals surface area contributed by atoms with Gasteiger partial charge < -0.3 is 48.5 Å². The molecule has 1 aromatic rings. The lowest BCUT2D eigenvalue weighted by Crippen LogP contribution is -2.30. The van der Waals surface area contributed by atoms with E-state index in [1.165, 1.54) is 0 Å². The molecule has 0 fully saturated rings. The van der Waals surface area contributed by atoms with Crippen molar-refractivity contribution in [1.82, 2.24) is 10.6 Å². The van der Waals surface area contributed by atoms with E-state index in [0.717, 1.165) is 25.0 Å². The van der Waals surface area contributed by atoms with Crippen molar-refractivity contribution < 1.29 is 47.5 Å². The summed E-state index contributed by atoms with van der Waals surface area (Å²) in [6, 6.07) is 7.62. The summed E-state index contributed by atoms with van der Waals surface area (Å²) in [4.78, 5) is 23.0. The van der Waals surface area contributed by atoms with E-state index in [9.17, 15) is 9.59 Å². The molecule has 0 heterocycles. The van der Waals surface area contributed by atoms with Crippen LogP contribution in [0.15, 0.2) is 24.3 Å². The normalized spacial score (nSPS) is 11.0. The van der Waals surface area contributed by atoms with E-state index in [0.29, 0.717) is 98.0 Å². The Kier molecular flexibility index (Phi) is 24.9. The number of rotatable bonds is 29. The molecule has 1 aromatic carbocycles. The zero-order chi connectivity index (χ0) is 29.6. The highest BCUT2D eigenvalue weighted by atomic mass is 16.6. The third kappa shape index (κ3) is 24.0.